The number of thiophene rings is 1. The maximum Gasteiger partial charge on any atom is 0.293 e. The third kappa shape index (κ3) is 1.52. The molecule has 2 N–H and O–H groups in total. The standard InChI is InChI=1S/C12H9N3OS/c13-15-12(16)9-5-2-1-4-8(9)11(14-15)10-6-3-7-17-10/h1-7H,13H2. The van der Waals surface area contributed by atoms with E-state index < -0.39 is 0 Å². The SMILES string of the molecule is Nn1nc(-c2cccs2)c2ccccc2c1=O. The van der Waals surface area contributed by atoms with Gasteiger partial charge in [0, 0.05) is 5.39 Å². The normalized spacial score (nSPS) is 10.8. The summed E-state index contributed by atoms with van der Waals surface area (Å²) in [6, 6.07) is 11.3. The van der Waals surface area contributed by atoms with E-state index >= 15 is 0 Å². The number of fused-ring (bicyclic) bond motifs is 1. The van der Waals surface area contributed by atoms with E-state index in [1.807, 2.05) is 35.7 Å². The molecule has 0 fully saturated rings. The van der Waals surface area contributed by atoms with Crippen LogP contribution in [0.5, 0.6) is 0 Å². The minimum absolute atomic E-state index is 0.277. The summed E-state index contributed by atoms with van der Waals surface area (Å²) in [5.74, 6) is 5.59. The summed E-state index contributed by atoms with van der Waals surface area (Å²) in [6.45, 7) is 0. The second kappa shape index (κ2) is 3.71. The molecule has 0 aliphatic rings. The van der Waals surface area contributed by atoms with Crippen molar-refractivity contribution in [2.75, 3.05) is 5.84 Å². The molecule has 4 nitrogen and oxygen atoms in total. The van der Waals surface area contributed by atoms with Gasteiger partial charge in [0.15, 0.2) is 0 Å². The topological polar surface area (TPSA) is 60.9 Å². The van der Waals surface area contributed by atoms with Crippen molar-refractivity contribution in [3.8, 4) is 10.6 Å². The van der Waals surface area contributed by atoms with Crippen molar-refractivity contribution >= 4 is 22.1 Å². The Balaban J connectivity index is 2.48. The predicted octanol–water partition coefficient (Wildman–Crippen LogP) is 1.84. The number of nitrogens with zero attached hydrogens (tertiary/aromatic N) is 2. The van der Waals surface area contributed by atoms with Crippen LogP contribution in [0, 0.1) is 0 Å². The van der Waals surface area contributed by atoms with Crippen LogP contribution < -0.4 is 11.4 Å². The summed E-state index contributed by atoms with van der Waals surface area (Å²) in [6.07, 6.45) is 0. The van der Waals surface area contributed by atoms with Crippen molar-refractivity contribution < 1.29 is 0 Å². The van der Waals surface area contributed by atoms with Crippen LogP contribution in [0.4, 0.5) is 0 Å². The largest absolute Gasteiger partial charge is 0.320 e. The summed E-state index contributed by atoms with van der Waals surface area (Å²) >= 11 is 1.57. The summed E-state index contributed by atoms with van der Waals surface area (Å²) in [5.41, 5.74) is 0.471. The second-order valence-electron chi connectivity index (χ2n) is 3.62. The van der Waals surface area contributed by atoms with Crippen LogP contribution in [-0.4, -0.2) is 9.89 Å². The molecule has 0 aliphatic heterocycles. The minimum atomic E-state index is -0.277. The molecule has 0 aliphatic carbocycles. The summed E-state index contributed by atoms with van der Waals surface area (Å²) in [4.78, 5) is 13.7. The van der Waals surface area contributed by atoms with Crippen LogP contribution in [0.15, 0.2) is 46.6 Å². The lowest BCUT2D eigenvalue weighted by atomic mass is 10.1. The Bertz CT molecular complexity index is 731. The molecule has 0 unspecified atom stereocenters. The molecular weight excluding hydrogens is 234 g/mol. The van der Waals surface area contributed by atoms with Crippen molar-refractivity contribution in [1.29, 1.82) is 0 Å². The van der Waals surface area contributed by atoms with Gasteiger partial charge in [-0.1, -0.05) is 24.3 Å². The van der Waals surface area contributed by atoms with E-state index in [0.29, 0.717) is 5.39 Å². The first-order chi connectivity index (χ1) is 8.27. The third-order valence-corrected chi connectivity index (χ3v) is 3.46. The molecule has 3 rings (SSSR count). The van der Waals surface area contributed by atoms with E-state index in [0.717, 1.165) is 20.7 Å². The fourth-order valence-electron chi connectivity index (χ4n) is 1.80. The van der Waals surface area contributed by atoms with Gasteiger partial charge in [-0.15, -0.1) is 21.2 Å². The molecule has 0 atom stereocenters. The average Bonchev–Trinajstić information content (AvgIpc) is 2.87. The van der Waals surface area contributed by atoms with Gasteiger partial charge < -0.3 is 5.84 Å². The van der Waals surface area contributed by atoms with Crippen molar-refractivity contribution in [3.05, 3.63) is 52.1 Å². The average molecular weight is 243 g/mol. The van der Waals surface area contributed by atoms with Gasteiger partial charge in [-0.2, -0.15) is 0 Å². The van der Waals surface area contributed by atoms with Crippen molar-refractivity contribution in [1.82, 2.24) is 9.89 Å². The molecule has 0 saturated carbocycles. The van der Waals surface area contributed by atoms with Gasteiger partial charge in [-0.3, -0.25) is 4.79 Å². The monoisotopic (exact) mass is 243 g/mol. The Kier molecular flexibility index (Phi) is 2.19. The number of aromatic nitrogens is 2. The van der Waals surface area contributed by atoms with Crippen molar-refractivity contribution in [3.63, 3.8) is 0 Å². The van der Waals surface area contributed by atoms with Crippen LogP contribution in [0.2, 0.25) is 0 Å². The molecular formula is C12H9N3OS. The minimum Gasteiger partial charge on any atom is -0.320 e. The van der Waals surface area contributed by atoms with Crippen LogP contribution in [0.1, 0.15) is 0 Å². The lowest BCUT2D eigenvalue weighted by molar-refractivity contribution is 0.782. The van der Waals surface area contributed by atoms with Crippen LogP contribution >= 0.6 is 11.3 Å². The number of hydrogen-bond donors (Lipinski definition) is 1. The Morgan fingerprint density at radius 1 is 1.12 bits per heavy atom. The van der Waals surface area contributed by atoms with Crippen molar-refractivity contribution in [2.24, 2.45) is 0 Å². The van der Waals surface area contributed by atoms with Gasteiger partial charge in [-0.05, 0) is 17.5 Å². The fraction of sp³-hybridized carbons (Fsp3) is 0. The molecule has 0 radical (unpaired) electrons. The zero-order valence-electron chi connectivity index (χ0n) is 8.83. The van der Waals surface area contributed by atoms with E-state index in [4.69, 9.17) is 5.84 Å². The molecule has 0 saturated heterocycles. The lowest BCUT2D eigenvalue weighted by Crippen LogP contribution is -2.30. The zero-order valence-corrected chi connectivity index (χ0v) is 9.65. The first-order valence-corrected chi connectivity index (χ1v) is 5.96. The van der Waals surface area contributed by atoms with Gasteiger partial charge in [-0.25, -0.2) is 0 Å². The van der Waals surface area contributed by atoms with Crippen LogP contribution in [0.25, 0.3) is 21.3 Å². The molecule has 2 aromatic heterocycles. The van der Waals surface area contributed by atoms with Gasteiger partial charge in [0.2, 0.25) is 0 Å². The Morgan fingerprint density at radius 3 is 2.59 bits per heavy atom. The number of rotatable bonds is 1. The molecule has 84 valence electrons. The Labute approximate surface area is 101 Å². The second-order valence-corrected chi connectivity index (χ2v) is 4.57. The number of nitrogens with two attached hydrogens (primary N) is 1. The van der Waals surface area contributed by atoms with Crippen LogP contribution in [0.3, 0.4) is 0 Å². The van der Waals surface area contributed by atoms with Gasteiger partial charge in [0.1, 0.15) is 5.69 Å². The molecule has 0 amide bonds. The van der Waals surface area contributed by atoms with E-state index in [1.165, 1.54) is 0 Å². The summed E-state index contributed by atoms with van der Waals surface area (Å²) in [7, 11) is 0. The van der Waals surface area contributed by atoms with Gasteiger partial charge >= 0.3 is 0 Å². The molecule has 3 aromatic rings. The molecule has 2 heterocycles. The highest BCUT2D eigenvalue weighted by atomic mass is 32.1. The maximum atomic E-state index is 11.8. The Hall–Kier alpha value is -2.14. The highest BCUT2D eigenvalue weighted by molar-refractivity contribution is 7.13. The number of benzene rings is 1. The quantitative estimate of drug-likeness (QED) is 0.663. The van der Waals surface area contributed by atoms with Gasteiger partial charge in [0.25, 0.3) is 5.56 Å². The fourth-order valence-corrected chi connectivity index (χ4v) is 2.53. The lowest BCUT2D eigenvalue weighted by Gasteiger charge is -2.05. The first kappa shape index (κ1) is 10.0. The zero-order chi connectivity index (χ0) is 11.8. The highest BCUT2D eigenvalue weighted by Gasteiger charge is 2.10. The molecule has 5 heteroatoms. The smallest absolute Gasteiger partial charge is 0.293 e. The highest BCUT2D eigenvalue weighted by Crippen LogP contribution is 2.27. The van der Waals surface area contributed by atoms with E-state index in [9.17, 15) is 4.79 Å². The van der Waals surface area contributed by atoms with Gasteiger partial charge in [0.05, 0.1) is 10.3 Å². The van der Waals surface area contributed by atoms with Crippen molar-refractivity contribution in [2.45, 2.75) is 0 Å². The predicted molar refractivity (Wildman–Crippen MR) is 69.5 cm³/mol. The Morgan fingerprint density at radius 2 is 1.88 bits per heavy atom. The molecule has 0 spiro atoms. The summed E-state index contributed by atoms with van der Waals surface area (Å²) < 4.78 is 0. The molecule has 17 heavy (non-hydrogen) atoms. The van der Waals surface area contributed by atoms with E-state index in [2.05, 4.69) is 5.10 Å². The molecule has 0 bridgehead atoms. The maximum absolute atomic E-state index is 11.8. The number of nitrogen functional groups attached to an aromatic ring is 1. The summed E-state index contributed by atoms with van der Waals surface area (Å²) in [5, 5.41) is 7.53. The first-order valence-electron chi connectivity index (χ1n) is 5.08. The third-order valence-electron chi connectivity index (χ3n) is 2.58. The van der Waals surface area contributed by atoms with Crippen LogP contribution in [-0.2, 0) is 0 Å². The van der Waals surface area contributed by atoms with E-state index in [-0.39, 0.29) is 5.56 Å². The number of hydrogen-bond acceptors (Lipinski definition) is 4. The van der Waals surface area contributed by atoms with E-state index in [1.54, 1.807) is 17.4 Å². The molecule has 1 aromatic carbocycles.